The molecule has 0 spiro atoms. The number of likely N-dealkylation sites (tertiary alicyclic amines) is 1. The largest absolute Gasteiger partial charge is 0.339 e. The van der Waals surface area contributed by atoms with Crippen LogP contribution < -0.4 is 4.72 Å². The van der Waals surface area contributed by atoms with Crippen molar-refractivity contribution in [3.63, 3.8) is 0 Å². The van der Waals surface area contributed by atoms with Crippen molar-refractivity contribution in [3.8, 4) is 6.07 Å². The number of carbonyl (C=O) groups excluding carboxylic acids is 1. The summed E-state index contributed by atoms with van der Waals surface area (Å²) in [6.45, 7) is 2.61. The summed E-state index contributed by atoms with van der Waals surface area (Å²) in [4.78, 5) is 14.1. The van der Waals surface area contributed by atoms with Crippen LogP contribution in [0.25, 0.3) is 0 Å². The first kappa shape index (κ1) is 16.5. The Hall–Kier alpha value is -1.91. The number of amides is 1. The molecule has 0 bridgehead atoms. The Morgan fingerprint density at radius 2 is 2.09 bits per heavy atom. The Labute approximate surface area is 130 Å². The number of benzene rings is 1. The predicted octanol–water partition coefficient (Wildman–Crippen LogP) is 1.10. The van der Waals surface area contributed by atoms with Gasteiger partial charge in [-0.2, -0.15) is 5.26 Å². The van der Waals surface area contributed by atoms with Crippen molar-refractivity contribution in [2.75, 3.05) is 18.8 Å². The molecule has 0 saturated carbocycles. The van der Waals surface area contributed by atoms with E-state index >= 15 is 0 Å². The van der Waals surface area contributed by atoms with E-state index in [9.17, 15) is 13.2 Å². The molecule has 0 atom stereocenters. The van der Waals surface area contributed by atoms with Gasteiger partial charge in [0.15, 0.2) is 0 Å². The van der Waals surface area contributed by atoms with E-state index in [1.807, 2.05) is 6.07 Å². The molecule has 1 aliphatic rings. The van der Waals surface area contributed by atoms with Gasteiger partial charge in [0.05, 0.1) is 17.4 Å². The van der Waals surface area contributed by atoms with Gasteiger partial charge < -0.3 is 4.90 Å². The first-order valence-corrected chi connectivity index (χ1v) is 8.90. The fraction of sp³-hybridized carbons (Fsp3) is 0.467. The van der Waals surface area contributed by atoms with Crippen LogP contribution in [-0.2, 0) is 10.0 Å². The fourth-order valence-corrected chi connectivity index (χ4v) is 3.35. The lowest BCUT2D eigenvalue weighted by atomic mass is 10.0. The molecule has 1 fully saturated rings. The van der Waals surface area contributed by atoms with Gasteiger partial charge >= 0.3 is 0 Å². The van der Waals surface area contributed by atoms with E-state index < -0.39 is 10.0 Å². The number of hydrogen-bond acceptors (Lipinski definition) is 4. The average Bonchev–Trinajstić information content (AvgIpc) is 2.54. The maximum Gasteiger partial charge on any atom is 0.253 e. The van der Waals surface area contributed by atoms with Gasteiger partial charge in [-0.25, -0.2) is 13.1 Å². The molecule has 1 aliphatic heterocycles. The highest BCUT2D eigenvalue weighted by Gasteiger charge is 2.25. The van der Waals surface area contributed by atoms with Crippen LogP contribution in [0.2, 0.25) is 0 Å². The molecule has 22 heavy (non-hydrogen) atoms. The second-order valence-corrected chi connectivity index (χ2v) is 7.32. The summed E-state index contributed by atoms with van der Waals surface area (Å²) in [6.07, 6.45) is 1.20. The van der Waals surface area contributed by atoms with Gasteiger partial charge in [0.25, 0.3) is 5.91 Å². The maximum absolute atomic E-state index is 12.4. The molecule has 1 amide bonds. The molecule has 1 heterocycles. The van der Waals surface area contributed by atoms with Gasteiger partial charge in [-0.05, 0) is 38.0 Å². The molecule has 1 saturated heterocycles. The molecule has 1 aromatic carbocycles. The van der Waals surface area contributed by atoms with Gasteiger partial charge in [-0.1, -0.05) is 6.07 Å². The van der Waals surface area contributed by atoms with Crippen LogP contribution in [0.5, 0.6) is 0 Å². The number of nitrogens with one attached hydrogen (secondary N) is 1. The normalized spacial score (nSPS) is 16.3. The van der Waals surface area contributed by atoms with Gasteiger partial charge in [-0.15, -0.1) is 0 Å². The van der Waals surface area contributed by atoms with Crippen molar-refractivity contribution >= 4 is 15.9 Å². The zero-order valence-corrected chi connectivity index (χ0v) is 13.3. The van der Waals surface area contributed by atoms with Crippen molar-refractivity contribution in [1.82, 2.24) is 9.62 Å². The van der Waals surface area contributed by atoms with E-state index in [-0.39, 0.29) is 17.7 Å². The van der Waals surface area contributed by atoms with Crippen molar-refractivity contribution in [2.45, 2.75) is 25.8 Å². The van der Waals surface area contributed by atoms with Crippen molar-refractivity contribution in [2.24, 2.45) is 0 Å². The number of nitriles is 1. The van der Waals surface area contributed by atoms with E-state index in [1.165, 1.54) is 0 Å². The number of piperidine rings is 1. The number of nitrogens with zero attached hydrogens (tertiary/aromatic N) is 2. The summed E-state index contributed by atoms with van der Waals surface area (Å²) >= 11 is 0. The maximum atomic E-state index is 12.4. The van der Waals surface area contributed by atoms with E-state index in [4.69, 9.17) is 5.26 Å². The lowest BCUT2D eigenvalue weighted by Gasteiger charge is -2.32. The smallest absolute Gasteiger partial charge is 0.253 e. The Balaban J connectivity index is 1.96. The Morgan fingerprint density at radius 3 is 2.68 bits per heavy atom. The molecule has 0 radical (unpaired) electrons. The molecule has 7 heteroatoms. The van der Waals surface area contributed by atoms with Crippen molar-refractivity contribution in [3.05, 3.63) is 35.4 Å². The monoisotopic (exact) mass is 321 g/mol. The average molecular weight is 321 g/mol. The minimum Gasteiger partial charge on any atom is -0.339 e. The number of hydrogen-bond donors (Lipinski definition) is 1. The summed E-state index contributed by atoms with van der Waals surface area (Å²) in [5.74, 6) is -0.0542. The third-order valence-corrected chi connectivity index (χ3v) is 5.20. The minimum absolute atomic E-state index is 0.0626. The molecule has 2 rings (SSSR count). The lowest BCUT2D eigenvalue weighted by molar-refractivity contribution is 0.0711. The minimum atomic E-state index is -3.21. The van der Waals surface area contributed by atoms with E-state index in [2.05, 4.69) is 4.72 Å². The molecule has 6 nitrogen and oxygen atoms in total. The first-order chi connectivity index (χ1) is 10.4. The SMILES string of the molecule is CCS(=O)(=O)NC1CCN(C(=O)c2cccc(C#N)c2)CC1. The van der Waals surface area contributed by atoms with Crippen molar-refractivity contribution < 1.29 is 13.2 Å². The van der Waals surface area contributed by atoms with Crippen LogP contribution in [-0.4, -0.2) is 44.1 Å². The van der Waals surface area contributed by atoms with E-state index in [1.54, 1.807) is 36.1 Å². The lowest BCUT2D eigenvalue weighted by Crippen LogP contribution is -2.46. The molecule has 0 aromatic heterocycles. The number of carbonyl (C=O) groups is 1. The zero-order valence-electron chi connectivity index (χ0n) is 12.4. The predicted molar refractivity (Wildman–Crippen MR) is 82.7 cm³/mol. The topological polar surface area (TPSA) is 90.3 Å². The molecule has 0 aliphatic carbocycles. The van der Waals surface area contributed by atoms with Crippen LogP contribution in [0.15, 0.2) is 24.3 Å². The van der Waals surface area contributed by atoms with Gasteiger partial charge in [-0.3, -0.25) is 4.79 Å². The van der Waals surface area contributed by atoms with Crippen LogP contribution in [0.4, 0.5) is 0 Å². The number of sulfonamides is 1. The summed E-state index contributed by atoms with van der Waals surface area (Å²) < 4.78 is 25.8. The van der Waals surface area contributed by atoms with Crippen LogP contribution in [0.1, 0.15) is 35.7 Å². The molecular weight excluding hydrogens is 302 g/mol. The number of rotatable bonds is 4. The molecule has 1 N–H and O–H groups in total. The fourth-order valence-electron chi connectivity index (χ4n) is 2.44. The second kappa shape index (κ2) is 6.90. The standard InChI is InChI=1S/C15H19N3O3S/c1-2-22(20,21)17-14-6-8-18(9-7-14)15(19)13-5-3-4-12(10-13)11-16/h3-5,10,14,17H,2,6-9H2,1H3. The highest BCUT2D eigenvalue weighted by atomic mass is 32.2. The quantitative estimate of drug-likeness (QED) is 0.899. The van der Waals surface area contributed by atoms with E-state index in [0.717, 1.165) is 0 Å². The van der Waals surface area contributed by atoms with Gasteiger partial charge in [0.2, 0.25) is 10.0 Å². The highest BCUT2D eigenvalue weighted by Crippen LogP contribution is 2.15. The summed E-state index contributed by atoms with van der Waals surface area (Å²) in [5, 5.41) is 8.88. The Kier molecular flexibility index (Phi) is 5.16. The molecule has 0 unspecified atom stereocenters. The molecule has 1 aromatic rings. The second-order valence-electron chi connectivity index (χ2n) is 5.28. The third-order valence-electron chi connectivity index (χ3n) is 3.75. The van der Waals surface area contributed by atoms with E-state index in [0.29, 0.717) is 37.1 Å². The van der Waals surface area contributed by atoms with Crippen LogP contribution >= 0.6 is 0 Å². The Bertz CT molecular complexity index is 686. The molecule has 118 valence electrons. The first-order valence-electron chi connectivity index (χ1n) is 7.24. The summed E-state index contributed by atoms with van der Waals surface area (Å²) in [6, 6.07) is 8.52. The van der Waals surface area contributed by atoms with Crippen LogP contribution in [0, 0.1) is 11.3 Å². The molecular formula is C15H19N3O3S. The van der Waals surface area contributed by atoms with Crippen LogP contribution in [0.3, 0.4) is 0 Å². The third kappa shape index (κ3) is 4.06. The van der Waals surface area contributed by atoms with Crippen molar-refractivity contribution in [1.29, 1.82) is 5.26 Å². The van der Waals surface area contributed by atoms with Gasteiger partial charge in [0, 0.05) is 24.7 Å². The Morgan fingerprint density at radius 1 is 1.41 bits per heavy atom. The summed E-state index contributed by atoms with van der Waals surface area (Å²) in [7, 11) is -3.21. The zero-order chi connectivity index (χ0) is 16.2. The summed E-state index contributed by atoms with van der Waals surface area (Å²) in [5.41, 5.74) is 0.947. The highest BCUT2D eigenvalue weighted by molar-refractivity contribution is 7.89. The van der Waals surface area contributed by atoms with Gasteiger partial charge in [0.1, 0.15) is 0 Å².